The van der Waals surface area contributed by atoms with Crippen LogP contribution in [0.25, 0.3) is 0 Å². The van der Waals surface area contributed by atoms with Gasteiger partial charge in [0.15, 0.2) is 0 Å². The molecule has 0 aliphatic rings. The second-order valence-corrected chi connectivity index (χ2v) is 5.16. The van der Waals surface area contributed by atoms with Gasteiger partial charge in [-0.2, -0.15) is 0 Å². The molecule has 2 atom stereocenters. The van der Waals surface area contributed by atoms with Crippen molar-refractivity contribution in [3.05, 3.63) is 0 Å². The minimum Gasteiger partial charge on any atom is -0.300 e. The first kappa shape index (κ1) is 13.7. The first-order chi connectivity index (χ1) is 6.43. The van der Waals surface area contributed by atoms with Gasteiger partial charge in [-0.3, -0.25) is 0 Å². The quantitative estimate of drug-likeness (QED) is 0.603. The van der Waals surface area contributed by atoms with E-state index < -0.39 is 0 Å². The summed E-state index contributed by atoms with van der Waals surface area (Å²) in [7, 11) is 0. The molecule has 0 saturated heterocycles. The molecule has 0 aliphatic heterocycles. The molecule has 0 aliphatic carbocycles. The lowest BCUT2D eigenvalue weighted by Crippen LogP contribution is -2.06. The fourth-order valence-corrected chi connectivity index (χ4v) is 1.71. The second-order valence-electron chi connectivity index (χ2n) is 5.16. The van der Waals surface area contributed by atoms with Crippen molar-refractivity contribution < 1.29 is 4.79 Å². The third-order valence-electron chi connectivity index (χ3n) is 3.13. The lowest BCUT2D eigenvalue weighted by atomic mass is 9.90. The molecule has 2 unspecified atom stereocenters. The molecular weight excluding hydrogens is 172 g/mol. The van der Waals surface area contributed by atoms with Crippen LogP contribution in [-0.2, 0) is 4.79 Å². The molecule has 0 saturated carbocycles. The van der Waals surface area contributed by atoms with Gasteiger partial charge in [0.1, 0.15) is 5.78 Å². The Balaban J connectivity index is 3.48. The Morgan fingerprint density at radius 1 is 1.07 bits per heavy atom. The Morgan fingerprint density at radius 3 is 2.07 bits per heavy atom. The van der Waals surface area contributed by atoms with Crippen molar-refractivity contribution in [2.24, 2.45) is 17.8 Å². The fraction of sp³-hybridized carbons (Fsp3) is 0.923. The van der Waals surface area contributed by atoms with Crippen molar-refractivity contribution in [1.82, 2.24) is 0 Å². The van der Waals surface area contributed by atoms with Gasteiger partial charge in [-0.05, 0) is 24.7 Å². The predicted molar refractivity (Wildman–Crippen MR) is 62.3 cm³/mol. The number of Topliss-reactive ketones (excluding diaryl/α,β-unsaturated/α-hetero) is 1. The zero-order valence-corrected chi connectivity index (χ0v) is 10.5. The van der Waals surface area contributed by atoms with E-state index in [1.54, 1.807) is 6.92 Å². The van der Waals surface area contributed by atoms with Crippen LogP contribution in [0.4, 0.5) is 0 Å². The molecule has 14 heavy (non-hydrogen) atoms. The molecule has 0 aromatic heterocycles. The molecule has 84 valence electrons. The van der Waals surface area contributed by atoms with Gasteiger partial charge in [-0.1, -0.05) is 47.0 Å². The Morgan fingerprint density at radius 2 is 1.64 bits per heavy atom. The summed E-state index contributed by atoms with van der Waals surface area (Å²) in [5.74, 6) is 2.51. The third kappa shape index (κ3) is 7.11. The normalized spacial score (nSPS) is 15.6. The van der Waals surface area contributed by atoms with E-state index in [0.717, 1.165) is 18.3 Å². The van der Waals surface area contributed by atoms with Crippen molar-refractivity contribution in [2.75, 3.05) is 0 Å². The standard InChI is InChI=1S/C13H26O/c1-10(2)12(4)8-6-7-11(3)9-13(5)14/h10-12H,6-9H2,1-5H3. The first-order valence-electron chi connectivity index (χ1n) is 5.93. The highest BCUT2D eigenvalue weighted by atomic mass is 16.1. The SMILES string of the molecule is CC(=O)CC(C)CCCC(C)C(C)C. The summed E-state index contributed by atoms with van der Waals surface area (Å²) in [5, 5.41) is 0. The molecule has 1 nitrogen and oxygen atoms in total. The van der Waals surface area contributed by atoms with Gasteiger partial charge in [0.2, 0.25) is 0 Å². The molecule has 0 aromatic rings. The van der Waals surface area contributed by atoms with Gasteiger partial charge in [0, 0.05) is 6.42 Å². The molecule has 0 rings (SSSR count). The van der Waals surface area contributed by atoms with E-state index in [-0.39, 0.29) is 0 Å². The monoisotopic (exact) mass is 198 g/mol. The van der Waals surface area contributed by atoms with Crippen molar-refractivity contribution >= 4 is 5.78 Å². The van der Waals surface area contributed by atoms with E-state index in [2.05, 4.69) is 27.7 Å². The molecule has 0 radical (unpaired) electrons. The average molecular weight is 198 g/mol. The molecule has 0 N–H and O–H groups in total. The van der Waals surface area contributed by atoms with Crippen LogP contribution in [0.15, 0.2) is 0 Å². The topological polar surface area (TPSA) is 17.1 Å². The van der Waals surface area contributed by atoms with Gasteiger partial charge in [0.25, 0.3) is 0 Å². The van der Waals surface area contributed by atoms with E-state index in [4.69, 9.17) is 0 Å². The molecule has 0 aromatic carbocycles. The van der Waals surface area contributed by atoms with E-state index in [1.165, 1.54) is 19.3 Å². The average Bonchev–Trinajstić information content (AvgIpc) is 2.02. The largest absolute Gasteiger partial charge is 0.300 e. The number of rotatable bonds is 7. The summed E-state index contributed by atoms with van der Waals surface area (Å²) >= 11 is 0. The Labute approximate surface area is 89.3 Å². The molecule has 1 heteroatoms. The highest BCUT2D eigenvalue weighted by Crippen LogP contribution is 2.20. The van der Waals surface area contributed by atoms with Crippen LogP contribution in [0.3, 0.4) is 0 Å². The van der Waals surface area contributed by atoms with Crippen LogP contribution in [0.2, 0.25) is 0 Å². The molecular formula is C13H26O. The van der Waals surface area contributed by atoms with Crippen LogP contribution in [0.1, 0.15) is 60.3 Å². The van der Waals surface area contributed by atoms with Crippen molar-refractivity contribution in [3.8, 4) is 0 Å². The van der Waals surface area contributed by atoms with E-state index in [0.29, 0.717) is 11.7 Å². The molecule has 0 heterocycles. The van der Waals surface area contributed by atoms with E-state index in [9.17, 15) is 4.79 Å². The van der Waals surface area contributed by atoms with Crippen LogP contribution in [-0.4, -0.2) is 5.78 Å². The number of carbonyl (C=O) groups excluding carboxylic acids is 1. The van der Waals surface area contributed by atoms with Gasteiger partial charge in [-0.25, -0.2) is 0 Å². The Bertz CT molecular complexity index is 161. The third-order valence-corrected chi connectivity index (χ3v) is 3.13. The molecule has 0 amide bonds. The Kier molecular flexibility index (Phi) is 6.86. The van der Waals surface area contributed by atoms with Crippen LogP contribution >= 0.6 is 0 Å². The van der Waals surface area contributed by atoms with Crippen LogP contribution < -0.4 is 0 Å². The summed E-state index contributed by atoms with van der Waals surface area (Å²) in [6.07, 6.45) is 4.54. The molecule has 0 spiro atoms. The summed E-state index contributed by atoms with van der Waals surface area (Å²) in [5.41, 5.74) is 0. The summed E-state index contributed by atoms with van der Waals surface area (Å²) in [6, 6.07) is 0. The number of hydrogen-bond acceptors (Lipinski definition) is 1. The van der Waals surface area contributed by atoms with Gasteiger partial charge in [0.05, 0.1) is 0 Å². The Hall–Kier alpha value is -0.330. The summed E-state index contributed by atoms with van der Waals surface area (Å²) in [6.45, 7) is 10.8. The maximum absolute atomic E-state index is 10.9. The highest BCUT2D eigenvalue weighted by molar-refractivity contribution is 5.75. The zero-order chi connectivity index (χ0) is 11.1. The van der Waals surface area contributed by atoms with E-state index >= 15 is 0 Å². The maximum atomic E-state index is 10.9. The number of carbonyl (C=O) groups is 1. The molecule has 0 bridgehead atoms. The first-order valence-corrected chi connectivity index (χ1v) is 5.93. The predicted octanol–water partition coefficient (Wildman–Crippen LogP) is 4.06. The van der Waals surface area contributed by atoms with Crippen molar-refractivity contribution in [2.45, 2.75) is 60.3 Å². The summed E-state index contributed by atoms with van der Waals surface area (Å²) < 4.78 is 0. The second kappa shape index (κ2) is 7.03. The van der Waals surface area contributed by atoms with Crippen LogP contribution in [0.5, 0.6) is 0 Å². The van der Waals surface area contributed by atoms with Crippen molar-refractivity contribution in [1.29, 1.82) is 0 Å². The minimum absolute atomic E-state index is 0.328. The van der Waals surface area contributed by atoms with Gasteiger partial charge < -0.3 is 4.79 Å². The molecule has 0 fully saturated rings. The van der Waals surface area contributed by atoms with Crippen LogP contribution in [0, 0.1) is 17.8 Å². The smallest absolute Gasteiger partial charge is 0.130 e. The number of hydrogen-bond donors (Lipinski definition) is 0. The lowest BCUT2D eigenvalue weighted by molar-refractivity contribution is -0.117. The lowest BCUT2D eigenvalue weighted by Gasteiger charge is -2.16. The minimum atomic E-state index is 0.328. The van der Waals surface area contributed by atoms with Gasteiger partial charge in [-0.15, -0.1) is 0 Å². The zero-order valence-electron chi connectivity index (χ0n) is 10.5. The highest BCUT2D eigenvalue weighted by Gasteiger charge is 2.09. The fourth-order valence-electron chi connectivity index (χ4n) is 1.71. The van der Waals surface area contributed by atoms with Gasteiger partial charge >= 0.3 is 0 Å². The summed E-state index contributed by atoms with van der Waals surface area (Å²) in [4.78, 5) is 10.9. The maximum Gasteiger partial charge on any atom is 0.130 e. The number of ketones is 1. The van der Waals surface area contributed by atoms with E-state index in [1.807, 2.05) is 0 Å². The van der Waals surface area contributed by atoms with Crippen molar-refractivity contribution in [3.63, 3.8) is 0 Å².